The number of nitrogens with one attached hydrogen (secondary N) is 1. The predicted molar refractivity (Wildman–Crippen MR) is 148 cm³/mol. The molecule has 0 atom stereocenters. The number of piperazine rings is 2. The molecule has 0 saturated carbocycles. The van der Waals surface area contributed by atoms with Gasteiger partial charge in [-0.05, 0) is 39.5 Å². The van der Waals surface area contributed by atoms with Crippen LogP contribution in [0.5, 0.6) is 0 Å². The molecule has 0 amide bonds. The van der Waals surface area contributed by atoms with Gasteiger partial charge < -0.3 is 35.6 Å². The molecule has 9 heteroatoms. The molecule has 0 aromatic carbocycles. The normalized spacial score (nSPS) is 21.0. The first-order valence-corrected chi connectivity index (χ1v) is 13.9. The highest BCUT2D eigenvalue weighted by Crippen LogP contribution is 2.32. The third kappa shape index (κ3) is 8.18. The van der Waals surface area contributed by atoms with E-state index in [0.717, 1.165) is 57.3 Å². The van der Waals surface area contributed by atoms with Crippen LogP contribution in [0.4, 0.5) is 17.2 Å². The van der Waals surface area contributed by atoms with Gasteiger partial charge in [-0.15, -0.1) is 0 Å². The highest BCUT2D eigenvalue weighted by molar-refractivity contribution is 5.72. The largest absolute Gasteiger partial charge is 0.397 e. The molecule has 0 aliphatic carbocycles. The van der Waals surface area contributed by atoms with Crippen molar-refractivity contribution in [3.05, 3.63) is 12.3 Å². The first kappa shape index (κ1) is 26.4. The lowest BCUT2D eigenvalue weighted by atomic mass is 10.1. The SMILES string of the molecule is CN1CCN(CCCCCN2CCN(CCNCCN3CCN(C)CC3)c3ncc(N)cc32)CC1. The summed E-state index contributed by atoms with van der Waals surface area (Å²) >= 11 is 0. The zero-order chi connectivity index (χ0) is 24.5. The van der Waals surface area contributed by atoms with Gasteiger partial charge in [0.05, 0.1) is 17.6 Å². The standard InChI is InChI=1S/C26H49N9/c1-30-12-16-32(17-13-30)8-4-3-5-9-34-20-21-35(26-25(34)22-24(27)23-29-26)11-7-28-6-10-33-18-14-31(2)15-19-33/h22-23,28H,3-21,27H2,1-2H3. The quantitative estimate of drug-likeness (QED) is 0.411. The molecule has 0 bridgehead atoms. The lowest BCUT2D eigenvalue weighted by molar-refractivity contribution is 0.152. The summed E-state index contributed by atoms with van der Waals surface area (Å²) in [4.78, 5) is 19.7. The van der Waals surface area contributed by atoms with Crippen molar-refractivity contribution in [2.75, 3.05) is 134 Å². The number of pyridine rings is 1. The maximum absolute atomic E-state index is 6.14. The lowest BCUT2D eigenvalue weighted by Gasteiger charge is -2.38. The number of nitrogens with two attached hydrogens (primary N) is 1. The number of hydrogen-bond donors (Lipinski definition) is 2. The van der Waals surface area contributed by atoms with Crippen LogP contribution in [0.1, 0.15) is 19.3 Å². The Hall–Kier alpha value is -1.65. The van der Waals surface area contributed by atoms with Crippen molar-refractivity contribution in [1.82, 2.24) is 29.9 Å². The Morgan fingerprint density at radius 1 is 0.714 bits per heavy atom. The molecule has 198 valence electrons. The number of nitrogen functional groups attached to an aromatic ring is 1. The number of anilines is 3. The van der Waals surface area contributed by atoms with Crippen molar-refractivity contribution in [3.63, 3.8) is 0 Å². The number of unbranched alkanes of at least 4 members (excludes halogenated alkanes) is 2. The van der Waals surface area contributed by atoms with Gasteiger partial charge in [0.1, 0.15) is 0 Å². The minimum atomic E-state index is 0.760. The Balaban J connectivity index is 1.16. The second kappa shape index (κ2) is 13.6. The zero-order valence-corrected chi connectivity index (χ0v) is 22.3. The molecule has 0 radical (unpaired) electrons. The number of fused-ring (bicyclic) bond motifs is 1. The number of rotatable bonds is 12. The highest BCUT2D eigenvalue weighted by atomic mass is 15.3. The van der Waals surface area contributed by atoms with Crippen molar-refractivity contribution >= 4 is 17.2 Å². The minimum absolute atomic E-state index is 0.760. The average molecular weight is 488 g/mol. The summed E-state index contributed by atoms with van der Waals surface area (Å²) in [6.45, 7) is 18.2. The molecule has 3 aliphatic rings. The molecule has 0 unspecified atom stereocenters. The second-order valence-electron chi connectivity index (χ2n) is 10.7. The van der Waals surface area contributed by atoms with Gasteiger partial charge in [0.15, 0.2) is 5.82 Å². The molecular formula is C26H49N9. The Bertz CT molecular complexity index is 744. The van der Waals surface area contributed by atoms with E-state index >= 15 is 0 Å². The van der Waals surface area contributed by atoms with Crippen LogP contribution in [-0.4, -0.2) is 143 Å². The summed E-state index contributed by atoms with van der Waals surface area (Å²) in [5, 5.41) is 3.65. The van der Waals surface area contributed by atoms with Gasteiger partial charge in [0.2, 0.25) is 0 Å². The number of hydrogen-bond acceptors (Lipinski definition) is 9. The predicted octanol–water partition coefficient (Wildman–Crippen LogP) is 0.545. The summed E-state index contributed by atoms with van der Waals surface area (Å²) in [5.74, 6) is 1.10. The molecule has 3 aliphatic heterocycles. The fraction of sp³-hybridized carbons (Fsp3) is 0.808. The third-order valence-corrected chi connectivity index (χ3v) is 7.91. The van der Waals surface area contributed by atoms with E-state index in [4.69, 9.17) is 10.7 Å². The Morgan fingerprint density at radius 2 is 1.31 bits per heavy atom. The molecule has 2 saturated heterocycles. The van der Waals surface area contributed by atoms with Crippen LogP contribution in [0, 0.1) is 0 Å². The van der Waals surface area contributed by atoms with E-state index in [1.807, 2.05) is 6.20 Å². The smallest absolute Gasteiger partial charge is 0.152 e. The molecule has 3 N–H and O–H groups in total. The van der Waals surface area contributed by atoms with Gasteiger partial charge in [-0.1, -0.05) is 6.42 Å². The lowest BCUT2D eigenvalue weighted by Crippen LogP contribution is -2.47. The fourth-order valence-electron chi connectivity index (χ4n) is 5.39. The first-order valence-electron chi connectivity index (χ1n) is 13.9. The summed E-state index contributed by atoms with van der Waals surface area (Å²) in [5.41, 5.74) is 8.12. The summed E-state index contributed by atoms with van der Waals surface area (Å²) in [6.07, 6.45) is 5.63. The van der Waals surface area contributed by atoms with Crippen molar-refractivity contribution in [3.8, 4) is 0 Å². The van der Waals surface area contributed by atoms with Crippen molar-refractivity contribution in [2.45, 2.75) is 19.3 Å². The van der Waals surface area contributed by atoms with Gasteiger partial charge in [0, 0.05) is 98.2 Å². The molecule has 2 fully saturated rings. The average Bonchev–Trinajstić information content (AvgIpc) is 2.86. The van der Waals surface area contributed by atoms with Gasteiger partial charge in [-0.2, -0.15) is 0 Å². The molecule has 0 spiro atoms. The Morgan fingerprint density at radius 3 is 2.03 bits per heavy atom. The van der Waals surface area contributed by atoms with Crippen LogP contribution < -0.4 is 20.9 Å². The molecule has 9 nitrogen and oxygen atoms in total. The second-order valence-corrected chi connectivity index (χ2v) is 10.7. The van der Waals surface area contributed by atoms with Crippen LogP contribution >= 0.6 is 0 Å². The van der Waals surface area contributed by atoms with E-state index in [-0.39, 0.29) is 0 Å². The van der Waals surface area contributed by atoms with Crippen molar-refractivity contribution < 1.29 is 0 Å². The van der Waals surface area contributed by atoms with Gasteiger partial charge in [-0.25, -0.2) is 4.98 Å². The van der Waals surface area contributed by atoms with E-state index < -0.39 is 0 Å². The van der Waals surface area contributed by atoms with Crippen molar-refractivity contribution in [1.29, 1.82) is 0 Å². The summed E-state index contributed by atoms with van der Waals surface area (Å²) < 4.78 is 0. The topological polar surface area (TPSA) is 70.4 Å². The summed E-state index contributed by atoms with van der Waals surface area (Å²) in [6, 6.07) is 2.12. The van der Waals surface area contributed by atoms with Crippen LogP contribution in [0.15, 0.2) is 12.3 Å². The van der Waals surface area contributed by atoms with E-state index in [9.17, 15) is 0 Å². The number of nitrogens with zero attached hydrogens (tertiary/aromatic N) is 7. The Labute approximate surface area is 213 Å². The molecule has 1 aromatic rings. The molecule has 4 rings (SSSR count). The molecular weight excluding hydrogens is 438 g/mol. The van der Waals surface area contributed by atoms with Gasteiger partial charge in [-0.3, -0.25) is 4.90 Å². The minimum Gasteiger partial charge on any atom is -0.397 e. The summed E-state index contributed by atoms with van der Waals surface area (Å²) in [7, 11) is 4.44. The zero-order valence-electron chi connectivity index (χ0n) is 22.3. The Kier molecular flexibility index (Phi) is 10.3. The van der Waals surface area contributed by atoms with Crippen LogP contribution in [-0.2, 0) is 0 Å². The van der Waals surface area contributed by atoms with E-state index in [0.29, 0.717) is 0 Å². The van der Waals surface area contributed by atoms with Crippen LogP contribution in [0.25, 0.3) is 0 Å². The van der Waals surface area contributed by atoms with E-state index in [1.54, 1.807) is 0 Å². The van der Waals surface area contributed by atoms with Crippen molar-refractivity contribution in [2.24, 2.45) is 0 Å². The number of aromatic nitrogens is 1. The number of likely N-dealkylation sites (N-methyl/N-ethyl adjacent to an activating group) is 2. The maximum atomic E-state index is 6.14. The highest BCUT2D eigenvalue weighted by Gasteiger charge is 2.24. The molecule has 1 aromatic heterocycles. The molecule has 4 heterocycles. The monoisotopic (exact) mass is 487 g/mol. The van der Waals surface area contributed by atoms with Crippen LogP contribution in [0.2, 0.25) is 0 Å². The fourth-order valence-corrected chi connectivity index (χ4v) is 5.39. The first-order chi connectivity index (χ1) is 17.1. The van der Waals surface area contributed by atoms with E-state index in [1.165, 1.54) is 83.9 Å². The van der Waals surface area contributed by atoms with Gasteiger partial charge >= 0.3 is 0 Å². The van der Waals surface area contributed by atoms with Gasteiger partial charge in [0.25, 0.3) is 0 Å². The maximum Gasteiger partial charge on any atom is 0.152 e. The molecule has 35 heavy (non-hydrogen) atoms. The van der Waals surface area contributed by atoms with Crippen LogP contribution in [0.3, 0.4) is 0 Å². The third-order valence-electron chi connectivity index (χ3n) is 7.91. The van der Waals surface area contributed by atoms with E-state index in [2.05, 4.69) is 54.9 Å².